The molecule has 0 radical (unpaired) electrons. The highest BCUT2D eigenvalue weighted by Crippen LogP contribution is 2.30. The third-order valence-electron chi connectivity index (χ3n) is 12.6. The van der Waals surface area contributed by atoms with E-state index in [2.05, 4.69) is 57.8 Å². The van der Waals surface area contributed by atoms with Gasteiger partial charge in [-0.25, -0.2) is 24.7 Å². The Morgan fingerprint density at radius 1 is 0.650 bits per heavy atom. The second-order valence-electron chi connectivity index (χ2n) is 16.3. The summed E-state index contributed by atoms with van der Waals surface area (Å²) < 4.78 is 5.50. The highest BCUT2D eigenvalue weighted by atomic mass is 16.6. The summed E-state index contributed by atoms with van der Waals surface area (Å²) in [6.07, 6.45) is 12.1. The van der Waals surface area contributed by atoms with Crippen LogP contribution < -0.4 is 16.0 Å². The van der Waals surface area contributed by atoms with Crippen LogP contribution in [0.5, 0.6) is 0 Å². The first-order valence-electron chi connectivity index (χ1n) is 21.5. The van der Waals surface area contributed by atoms with E-state index in [0.717, 1.165) is 110 Å². The van der Waals surface area contributed by atoms with E-state index in [1.54, 1.807) is 24.8 Å². The molecule has 2 saturated carbocycles. The van der Waals surface area contributed by atoms with Crippen LogP contribution in [0.1, 0.15) is 68.1 Å². The number of carbonyl (C=O) groups is 1. The van der Waals surface area contributed by atoms with Gasteiger partial charge in [-0.15, -0.1) is 0 Å². The van der Waals surface area contributed by atoms with Crippen LogP contribution in [0.4, 0.5) is 16.4 Å². The summed E-state index contributed by atoms with van der Waals surface area (Å²) in [4.78, 5) is 37.0. The van der Waals surface area contributed by atoms with Crippen LogP contribution in [0.3, 0.4) is 0 Å². The number of rotatable bonds is 8. The van der Waals surface area contributed by atoms with Crippen LogP contribution >= 0.6 is 0 Å². The van der Waals surface area contributed by atoms with Gasteiger partial charge >= 0.3 is 6.09 Å². The number of benzene rings is 3. The number of aromatic nitrogens is 4. The number of piperazine rings is 2. The molecule has 60 heavy (non-hydrogen) atoms. The van der Waals surface area contributed by atoms with Gasteiger partial charge in [0, 0.05) is 87.3 Å². The molecule has 1 amide bonds. The Labute approximate surface area is 352 Å². The summed E-state index contributed by atoms with van der Waals surface area (Å²) in [6.45, 7) is 8.09. The minimum atomic E-state index is -0.224. The largest absolute Gasteiger partial charge is 0.445 e. The summed E-state index contributed by atoms with van der Waals surface area (Å²) >= 11 is 0. The van der Waals surface area contributed by atoms with Crippen molar-refractivity contribution in [2.24, 2.45) is 0 Å². The molecule has 3 N–H and O–H groups in total. The molecule has 14 nitrogen and oxygen atoms in total. The van der Waals surface area contributed by atoms with Gasteiger partial charge < -0.3 is 25.6 Å². The summed E-state index contributed by atoms with van der Waals surface area (Å²) in [5.41, 5.74) is 3.99. The predicted molar refractivity (Wildman–Crippen MR) is 232 cm³/mol. The van der Waals surface area contributed by atoms with E-state index in [0.29, 0.717) is 48.9 Å². The lowest BCUT2D eigenvalue weighted by Gasteiger charge is -2.41. The molecule has 310 valence electrons. The molecule has 5 aromatic rings. The van der Waals surface area contributed by atoms with Crippen LogP contribution in [-0.2, 0) is 11.3 Å². The number of amides is 1. The van der Waals surface area contributed by atoms with Gasteiger partial charge in [0.15, 0.2) is 0 Å². The monoisotopic (exact) mass is 806 g/mol. The van der Waals surface area contributed by atoms with E-state index in [1.807, 2.05) is 59.5 Å². The fraction of sp³-hybridized carbons (Fsp3) is 0.457. The standard InChI is InChI=1S/C27H30N6O2.C19H24N6/c28-17-21-6-11-25-24(16-21)26(30-19-29-25)31-22-7-9-23(10-8-22)32-12-14-33(15-13-32)27(34)35-18-20-4-2-1-3-5-20;20-12-14-1-6-18-17(11-14)19(23-13-22-18)24-15-2-4-16(5-3-15)25-9-7-21-8-10-25/h1-6,11,16,19,22-23H,7-10,12-15,18H2,(H,29,30,31);1,6,11,13,15-16,21H,2-5,7-10H2,(H,22,23,24). The molecule has 4 heterocycles. The predicted octanol–water partition coefficient (Wildman–Crippen LogP) is 6.31. The molecular formula is C46H54N12O2. The van der Waals surface area contributed by atoms with E-state index < -0.39 is 0 Å². The van der Waals surface area contributed by atoms with Crippen molar-refractivity contribution >= 4 is 39.5 Å². The first kappa shape index (κ1) is 40.8. The molecule has 0 bridgehead atoms. The number of hydrogen-bond acceptors (Lipinski definition) is 13. The Morgan fingerprint density at radius 2 is 1.15 bits per heavy atom. The molecule has 9 rings (SSSR count). The molecule has 14 heteroatoms. The molecule has 0 spiro atoms. The van der Waals surface area contributed by atoms with Gasteiger partial charge in [0.1, 0.15) is 30.9 Å². The Kier molecular flexibility index (Phi) is 13.5. The fourth-order valence-corrected chi connectivity index (χ4v) is 9.17. The molecule has 2 aliphatic carbocycles. The Morgan fingerprint density at radius 3 is 1.65 bits per heavy atom. The van der Waals surface area contributed by atoms with Crippen LogP contribution in [0.15, 0.2) is 79.4 Å². The zero-order valence-corrected chi connectivity index (χ0v) is 34.2. The Balaban J connectivity index is 0.000000176. The smallest absolute Gasteiger partial charge is 0.410 e. The van der Waals surface area contributed by atoms with Crippen molar-refractivity contribution in [2.45, 2.75) is 82.1 Å². The SMILES string of the molecule is N#Cc1ccc2ncnc(NC3CCC(N4CCN(C(=O)OCc5ccccc5)CC4)CC3)c2c1.N#Cc1ccc2ncnc(NC3CCC(N4CCNCC4)CC3)c2c1. The molecule has 2 aromatic heterocycles. The van der Waals surface area contributed by atoms with E-state index >= 15 is 0 Å². The molecule has 2 aliphatic heterocycles. The zero-order valence-electron chi connectivity index (χ0n) is 34.2. The van der Waals surface area contributed by atoms with Crippen molar-refractivity contribution in [3.05, 3.63) is 96.1 Å². The van der Waals surface area contributed by atoms with Crippen molar-refractivity contribution in [3.63, 3.8) is 0 Å². The summed E-state index contributed by atoms with van der Waals surface area (Å²) in [5, 5.41) is 30.8. The first-order valence-corrected chi connectivity index (χ1v) is 21.5. The van der Waals surface area contributed by atoms with Crippen LogP contribution in [0.25, 0.3) is 21.8 Å². The van der Waals surface area contributed by atoms with E-state index in [9.17, 15) is 10.1 Å². The number of anilines is 2. The van der Waals surface area contributed by atoms with Crippen molar-refractivity contribution in [1.82, 2.24) is 40.0 Å². The number of ether oxygens (including phenoxy) is 1. The summed E-state index contributed by atoms with van der Waals surface area (Å²) in [6, 6.07) is 27.3. The van der Waals surface area contributed by atoms with Gasteiger partial charge in [-0.1, -0.05) is 30.3 Å². The highest BCUT2D eigenvalue weighted by Gasteiger charge is 2.31. The van der Waals surface area contributed by atoms with E-state index in [-0.39, 0.29) is 6.09 Å². The quantitative estimate of drug-likeness (QED) is 0.160. The van der Waals surface area contributed by atoms with Crippen LogP contribution in [0.2, 0.25) is 0 Å². The van der Waals surface area contributed by atoms with Gasteiger partial charge in [-0.3, -0.25) is 9.80 Å². The number of nitrogens with zero attached hydrogens (tertiary/aromatic N) is 9. The van der Waals surface area contributed by atoms with Crippen molar-refractivity contribution in [1.29, 1.82) is 10.5 Å². The van der Waals surface area contributed by atoms with Crippen LogP contribution in [-0.4, -0.2) is 117 Å². The molecule has 2 saturated heterocycles. The number of nitriles is 2. The lowest BCUT2D eigenvalue weighted by Crippen LogP contribution is -2.53. The summed E-state index contributed by atoms with van der Waals surface area (Å²) in [5.74, 6) is 1.66. The second-order valence-corrected chi connectivity index (χ2v) is 16.3. The molecule has 4 aliphatic rings. The fourth-order valence-electron chi connectivity index (χ4n) is 9.17. The lowest BCUT2D eigenvalue weighted by molar-refractivity contribution is 0.0522. The summed E-state index contributed by atoms with van der Waals surface area (Å²) in [7, 11) is 0. The van der Waals surface area contributed by atoms with Gasteiger partial charge in [-0.2, -0.15) is 10.5 Å². The van der Waals surface area contributed by atoms with Crippen molar-refractivity contribution in [2.75, 3.05) is 63.0 Å². The van der Waals surface area contributed by atoms with E-state index in [1.165, 1.54) is 25.9 Å². The highest BCUT2D eigenvalue weighted by molar-refractivity contribution is 5.90. The van der Waals surface area contributed by atoms with Gasteiger partial charge in [0.2, 0.25) is 0 Å². The van der Waals surface area contributed by atoms with Gasteiger partial charge in [-0.05, 0) is 93.3 Å². The maximum Gasteiger partial charge on any atom is 0.410 e. The Hall–Kier alpha value is -5.93. The third kappa shape index (κ3) is 10.3. The molecule has 4 fully saturated rings. The minimum Gasteiger partial charge on any atom is -0.445 e. The minimum absolute atomic E-state index is 0.224. The van der Waals surface area contributed by atoms with E-state index in [4.69, 9.17) is 10.00 Å². The number of carbonyl (C=O) groups excluding carboxylic acids is 1. The Bertz CT molecular complexity index is 2280. The average Bonchev–Trinajstić information content (AvgIpc) is 3.32. The van der Waals surface area contributed by atoms with Crippen LogP contribution in [0, 0.1) is 22.7 Å². The molecule has 0 atom stereocenters. The van der Waals surface area contributed by atoms with Gasteiger partial charge in [0.25, 0.3) is 0 Å². The van der Waals surface area contributed by atoms with Crippen molar-refractivity contribution in [3.8, 4) is 12.1 Å². The number of nitrogens with one attached hydrogen (secondary N) is 3. The molecular weight excluding hydrogens is 753 g/mol. The van der Waals surface area contributed by atoms with Gasteiger partial charge in [0.05, 0.1) is 34.3 Å². The normalized spacial score (nSPS) is 22.5. The molecule has 3 aromatic carbocycles. The maximum atomic E-state index is 12.5. The number of hydrogen-bond donors (Lipinski definition) is 3. The first-order chi connectivity index (χ1) is 29.5. The second kappa shape index (κ2) is 19.9. The average molecular weight is 807 g/mol. The molecule has 0 unspecified atom stereocenters. The maximum absolute atomic E-state index is 12.5. The topological polar surface area (TPSA) is 171 Å². The zero-order chi connectivity index (χ0) is 41.1. The van der Waals surface area contributed by atoms with Crippen molar-refractivity contribution < 1.29 is 9.53 Å². The third-order valence-corrected chi connectivity index (χ3v) is 12.6. The lowest BCUT2D eigenvalue weighted by atomic mass is 9.89. The number of fused-ring (bicyclic) bond motifs is 2.